The highest BCUT2D eigenvalue weighted by Gasteiger charge is 2.26. The molecule has 1 unspecified atom stereocenters. The number of carbonyl (C=O) groups excluding carboxylic acids is 1. The number of benzene rings is 4. The van der Waals surface area contributed by atoms with Crippen LogP contribution in [0.5, 0.6) is 23.0 Å². The first-order valence-electron chi connectivity index (χ1n) is 11.5. The Labute approximate surface area is 206 Å². The van der Waals surface area contributed by atoms with E-state index in [0.717, 1.165) is 22.4 Å². The Morgan fingerprint density at radius 3 is 1.83 bits per heavy atom. The molecule has 35 heavy (non-hydrogen) atoms. The van der Waals surface area contributed by atoms with Gasteiger partial charge in [-0.25, -0.2) is 0 Å². The molecule has 0 radical (unpaired) electrons. The molecular formula is C30H29NO4. The third-order valence-corrected chi connectivity index (χ3v) is 5.92. The van der Waals surface area contributed by atoms with Crippen LogP contribution in [0.1, 0.15) is 35.6 Å². The monoisotopic (exact) mass is 467 g/mol. The molecule has 0 aliphatic rings. The van der Waals surface area contributed by atoms with Gasteiger partial charge < -0.3 is 19.5 Å². The van der Waals surface area contributed by atoms with Crippen molar-refractivity contribution >= 4 is 5.91 Å². The average Bonchev–Trinajstić information content (AvgIpc) is 2.92. The fraction of sp³-hybridized carbons (Fsp3) is 0.167. The highest BCUT2D eigenvalue weighted by molar-refractivity contribution is 5.84. The van der Waals surface area contributed by atoms with E-state index in [0.29, 0.717) is 17.2 Å². The van der Waals surface area contributed by atoms with Crippen LogP contribution in [0.3, 0.4) is 0 Å². The predicted molar refractivity (Wildman–Crippen MR) is 137 cm³/mol. The summed E-state index contributed by atoms with van der Waals surface area (Å²) in [5.41, 5.74) is 2.55. The van der Waals surface area contributed by atoms with E-state index in [1.807, 2.05) is 110 Å². The maximum Gasteiger partial charge on any atom is 0.228 e. The van der Waals surface area contributed by atoms with E-state index < -0.39 is 12.0 Å². The van der Waals surface area contributed by atoms with Crippen molar-refractivity contribution in [3.8, 4) is 23.0 Å². The predicted octanol–water partition coefficient (Wildman–Crippen LogP) is 6.51. The van der Waals surface area contributed by atoms with Gasteiger partial charge in [-0.05, 0) is 48.9 Å². The zero-order valence-electron chi connectivity index (χ0n) is 20.1. The highest BCUT2D eigenvalue weighted by atomic mass is 16.5. The molecule has 0 fully saturated rings. The minimum Gasteiger partial charge on any atom is -0.496 e. The van der Waals surface area contributed by atoms with E-state index in [9.17, 15) is 4.79 Å². The molecule has 0 bridgehead atoms. The van der Waals surface area contributed by atoms with Crippen LogP contribution in [0.2, 0.25) is 0 Å². The van der Waals surface area contributed by atoms with Gasteiger partial charge in [0.25, 0.3) is 0 Å². The number of amides is 1. The van der Waals surface area contributed by atoms with Crippen LogP contribution in [0, 0.1) is 0 Å². The number of hydrogen-bond donors (Lipinski definition) is 1. The van der Waals surface area contributed by atoms with Crippen molar-refractivity contribution in [3.05, 3.63) is 120 Å². The lowest BCUT2D eigenvalue weighted by Gasteiger charge is -2.25. The van der Waals surface area contributed by atoms with E-state index in [4.69, 9.17) is 14.2 Å². The third-order valence-electron chi connectivity index (χ3n) is 5.92. The van der Waals surface area contributed by atoms with Gasteiger partial charge in [-0.2, -0.15) is 0 Å². The summed E-state index contributed by atoms with van der Waals surface area (Å²) in [5, 5.41) is 3.23. The molecule has 1 atom stereocenters. The Morgan fingerprint density at radius 2 is 1.23 bits per heavy atom. The van der Waals surface area contributed by atoms with Crippen molar-refractivity contribution in [1.82, 2.24) is 5.32 Å². The Kier molecular flexibility index (Phi) is 7.68. The number of hydrogen-bond acceptors (Lipinski definition) is 4. The molecule has 0 heterocycles. The molecule has 0 spiro atoms. The van der Waals surface area contributed by atoms with Gasteiger partial charge in [0.15, 0.2) is 0 Å². The zero-order chi connectivity index (χ0) is 24.6. The second-order valence-corrected chi connectivity index (χ2v) is 8.13. The van der Waals surface area contributed by atoms with Gasteiger partial charge in [0.1, 0.15) is 23.0 Å². The van der Waals surface area contributed by atoms with Crippen molar-refractivity contribution < 1.29 is 19.0 Å². The highest BCUT2D eigenvalue weighted by Crippen LogP contribution is 2.35. The molecule has 1 amide bonds. The van der Waals surface area contributed by atoms with Crippen LogP contribution in [0.25, 0.3) is 0 Å². The molecular weight excluding hydrogens is 438 g/mol. The molecule has 178 valence electrons. The summed E-state index contributed by atoms with van der Waals surface area (Å²) in [6, 6.07) is 32.1. The summed E-state index contributed by atoms with van der Waals surface area (Å²) in [4.78, 5) is 13.5. The normalized spacial score (nSPS) is 11.5. The summed E-state index contributed by atoms with van der Waals surface area (Å²) in [6.07, 6.45) is 0. The van der Waals surface area contributed by atoms with E-state index in [1.165, 1.54) is 0 Å². The van der Waals surface area contributed by atoms with Gasteiger partial charge in [-0.15, -0.1) is 0 Å². The van der Waals surface area contributed by atoms with Crippen molar-refractivity contribution in [2.75, 3.05) is 14.2 Å². The van der Waals surface area contributed by atoms with E-state index in [2.05, 4.69) is 5.32 Å². The Bertz CT molecular complexity index is 1220. The number of carbonyl (C=O) groups is 1. The molecule has 0 saturated carbocycles. The quantitative estimate of drug-likeness (QED) is 0.305. The molecule has 4 rings (SSSR count). The molecule has 4 aromatic carbocycles. The number of rotatable bonds is 9. The first-order chi connectivity index (χ1) is 17.1. The average molecular weight is 468 g/mol. The zero-order valence-corrected chi connectivity index (χ0v) is 20.1. The first-order valence-corrected chi connectivity index (χ1v) is 11.5. The summed E-state index contributed by atoms with van der Waals surface area (Å²) < 4.78 is 17.2. The van der Waals surface area contributed by atoms with Gasteiger partial charge in [0, 0.05) is 11.1 Å². The third kappa shape index (κ3) is 5.64. The Balaban J connectivity index is 1.62. The van der Waals surface area contributed by atoms with Crippen LogP contribution in [0.4, 0.5) is 0 Å². The minimum atomic E-state index is -0.457. The lowest BCUT2D eigenvalue weighted by Crippen LogP contribution is -2.33. The number of methoxy groups -OCH3 is 2. The van der Waals surface area contributed by atoms with Gasteiger partial charge in [-0.3, -0.25) is 4.79 Å². The maximum atomic E-state index is 13.5. The number of ether oxygens (including phenoxy) is 3. The van der Waals surface area contributed by atoms with E-state index in [1.54, 1.807) is 14.2 Å². The molecule has 5 heteroatoms. The fourth-order valence-electron chi connectivity index (χ4n) is 4.02. The summed E-state index contributed by atoms with van der Waals surface area (Å²) in [7, 11) is 3.25. The van der Waals surface area contributed by atoms with Crippen LogP contribution in [-0.2, 0) is 4.79 Å². The van der Waals surface area contributed by atoms with Crippen molar-refractivity contribution in [3.63, 3.8) is 0 Å². The van der Waals surface area contributed by atoms with Gasteiger partial charge in [-0.1, -0.05) is 66.7 Å². The standard InChI is InChI=1S/C30H29NO4/c1-21(22-12-11-15-24(20-22)35-23-13-5-4-6-14-23)30(32)31-29(25-16-7-9-18-27(25)33-2)26-17-8-10-19-28(26)34-3/h4-21,29H,1-3H3,(H,31,32). The summed E-state index contributed by atoms with van der Waals surface area (Å²) in [6.45, 7) is 1.89. The van der Waals surface area contributed by atoms with Crippen molar-refractivity contribution in [2.45, 2.75) is 18.9 Å². The van der Waals surface area contributed by atoms with E-state index in [-0.39, 0.29) is 5.91 Å². The lowest BCUT2D eigenvalue weighted by molar-refractivity contribution is -0.122. The van der Waals surface area contributed by atoms with Gasteiger partial charge in [0.05, 0.1) is 26.2 Å². The number of para-hydroxylation sites is 3. The second-order valence-electron chi connectivity index (χ2n) is 8.13. The topological polar surface area (TPSA) is 56.8 Å². The largest absolute Gasteiger partial charge is 0.496 e. The molecule has 5 nitrogen and oxygen atoms in total. The minimum absolute atomic E-state index is 0.122. The Hall–Kier alpha value is -4.25. The fourth-order valence-corrected chi connectivity index (χ4v) is 4.02. The molecule has 0 aliphatic carbocycles. The molecule has 1 N–H and O–H groups in total. The van der Waals surface area contributed by atoms with Crippen molar-refractivity contribution in [1.29, 1.82) is 0 Å². The molecule has 0 saturated heterocycles. The first kappa shape index (κ1) is 23.9. The molecule has 0 aromatic heterocycles. The van der Waals surface area contributed by atoms with E-state index >= 15 is 0 Å². The van der Waals surface area contributed by atoms with Crippen LogP contribution < -0.4 is 19.5 Å². The van der Waals surface area contributed by atoms with Crippen molar-refractivity contribution in [2.24, 2.45) is 0 Å². The molecule has 4 aromatic rings. The summed E-state index contributed by atoms with van der Waals surface area (Å²) in [5.74, 6) is 2.27. The SMILES string of the molecule is COc1ccccc1C(NC(=O)C(C)c1cccc(Oc2ccccc2)c1)c1ccccc1OC. The Morgan fingerprint density at radius 1 is 0.686 bits per heavy atom. The van der Waals surface area contributed by atoms with Gasteiger partial charge in [0.2, 0.25) is 5.91 Å². The van der Waals surface area contributed by atoms with Crippen LogP contribution in [-0.4, -0.2) is 20.1 Å². The smallest absolute Gasteiger partial charge is 0.228 e. The number of nitrogens with one attached hydrogen (secondary N) is 1. The van der Waals surface area contributed by atoms with Crippen LogP contribution in [0.15, 0.2) is 103 Å². The van der Waals surface area contributed by atoms with Gasteiger partial charge >= 0.3 is 0 Å². The molecule has 0 aliphatic heterocycles. The maximum absolute atomic E-state index is 13.5. The second kappa shape index (κ2) is 11.3. The lowest BCUT2D eigenvalue weighted by atomic mass is 9.94. The summed E-state index contributed by atoms with van der Waals surface area (Å²) >= 11 is 0. The van der Waals surface area contributed by atoms with Crippen LogP contribution >= 0.6 is 0 Å².